The number of nitrogens with zero attached hydrogens (tertiary/aromatic N) is 1. The molecule has 110 valence electrons. The summed E-state index contributed by atoms with van der Waals surface area (Å²) in [5.41, 5.74) is 1.55. The number of thiophene rings is 1. The van der Waals surface area contributed by atoms with Crippen LogP contribution in [0.5, 0.6) is 0 Å². The van der Waals surface area contributed by atoms with E-state index in [0.29, 0.717) is 18.2 Å². The molecule has 0 bridgehead atoms. The van der Waals surface area contributed by atoms with Gasteiger partial charge in [0.15, 0.2) is 0 Å². The first kappa shape index (κ1) is 13.3. The zero-order valence-electron chi connectivity index (χ0n) is 12.0. The molecule has 4 heteroatoms. The first-order valence-electron chi connectivity index (χ1n) is 8.05. The van der Waals surface area contributed by atoms with Gasteiger partial charge in [-0.05, 0) is 55.7 Å². The summed E-state index contributed by atoms with van der Waals surface area (Å²) < 4.78 is 6.05. The molecule has 0 aromatic carbocycles. The Morgan fingerprint density at radius 2 is 2.35 bits per heavy atom. The lowest BCUT2D eigenvalue weighted by atomic mass is 9.94. The molecule has 2 aliphatic heterocycles. The Labute approximate surface area is 125 Å². The summed E-state index contributed by atoms with van der Waals surface area (Å²) >= 11 is 1.92. The predicted octanol–water partition coefficient (Wildman–Crippen LogP) is 2.58. The largest absolute Gasteiger partial charge is 0.374 e. The Morgan fingerprint density at radius 3 is 3.35 bits per heavy atom. The molecule has 1 aromatic rings. The van der Waals surface area contributed by atoms with Crippen LogP contribution < -0.4 is 5.32 Å². The van der Waals surface area contributed by atoms with Crippen molar-refractivity contribution in [1.29, 1.82) is 0 Å². The minimum Gasteiger partial charge on any atom is -0.374 e. The summed E-state index contributed by atoms with van der Waals surface area (Å²) in [6, 6.07) is 3.59. The van der Waals surface area contributed by atoms with Crippen LogP contribution in [0.3, 0.4) is 0 Å². The molecule has 4 rings (SSSR count). The molecule has 0 radical (unpaired) electrons. The van der Waals surface area contributed by atoms with Crippen LogP contribution >= 0.6 is 11.3 Å². The van der Waals surface area contributed by atoms with Crippen molar-refractivity contribution in [3.05, 3.63) is 21.9 Å². The van der Waals surface area contributed by atoms with Gasteiger partial charge in [0.25, 0.3) is 0 Å². The molecule has 3 unspecified atom stereocenters. The molecule has 2 fully saturated rings. The minimum absolute atomic E-state index is 0.383. The number of rotatable bonds is 3. The SMILES string of the molecule is c1cc2c(s1)CCCC2NCC1CN2CCCC2CO1. The molecule has 1 N–H and O–H groups in total. The van der Waals surface area contributed by atoms with Gasteiger partial charge in [0.05, 0.1) is 12.7 Å². The van der Waals surface area contributed by atoms with E-state index in [1.165, 1.54) is 38.6 Å². The van der Waals surface area contributed by atoms with Gasteiger partial charge in [0.2, 0.25) is 0 Å². The zero-order valence-corrected chi connectivity index (χ0v) is 12.8. The topological polar surface area (TPSA) is 24.5 Å². The van der Waals surface area contributed by atoms with Crippen LogP contribution in [0.4, 0.5) is 0 Å². The van der Waals surface area contributed by atoms with Crippen molar-refractivity contribution in [2.45, 2.75) is 50.3 Å². The van der Waals surface area contributed by atoms with Crippen molar-refractivity contribution in [3.8, 4) is 0 Å². The molecular weight excluding hydrogens is 268 g/mol. The van der Waals surface area contributed by atoms with Crippen LogP contribution in [0, 0.1) is 0 Å². The maximum Gasteiger partial charge on any atom is 0.0827 e. The van der Waals surface area contributed by atoms with Gasteiger partial charge in [-0.2, -0.15) is 0 Å². The molecule has 0 amide bonds. The van der Waals surface area contributed by atoms with E-state index in [1.54, 1.807) is 10.4 Å². The number of fused-ring (bicyclic) bond motifs is 2. The predicted molar refractivity (Wildman–Crippen MR) is 82.3 cm³/mol. The van der Waals surface area contributed by atoms with Gasteiger partial charge >= 0.3 is 0 Å². The second kappa shape index (κ2) is 5.76. The minimum atomic E-state index is 0.383. The number of aryl methyl sites for hydroxylation is 1. The highest BCUT2D eigenvalue weighted by Gasteiger charge is 2.32. The van der Waals surface area contributed by atoms with Gasteiger partial charge in [-0.25, -0.2) is 0 Å². The molecule has 3 nitrogen and oxygen atoms in total. The third-order valence-electron chi connectivity index (χ3n) is 5.11. The number of morpholine rings is 1. The maximum absolute atomic E-state index is 6.05. The molecule has 3 atom stereocenters. The highest BCUT2D eigenvalue weighted by Crippen LogP contribution is 2.33. The van der Waals surface area contributed by atoms with Crippen molar-refractivity contribution in [2.75, 3.05) is 26.2 Å². The van der Waals surface area contributed by atoms with E-state index >= 15 is 0 Å². The normalized spacial score (nSPS) is 33.9. The summed E-state index contributed by atoms with van der Waals surface area (Å²) in [4.78, 5) is 4.23. The summed E-state index contributed by atoms with van der Waals surface area (Å²) in [7, 11) is 0. The molecule has 20 heavy (non-hydrogen) atoms. The molecule has 1 aliphatic carbocycles. The third kappa shape index (κ3) is 2.54. The van der Waals surface area contributed by atoms with E-state index < -0.39 is 0 Å². The van der Waals surface area contributed by atoms with Gasteiger partial charge in [-0.15, -0.1) is 11.3 Å². The first-order valence-corrected chi connectivity index (χ1v) is 8.93. The fraction of sp³-hybridized carbons (Fsp3) is 0.750. The van der Waals surface area contributed by atoms with E-state index in [4.69, 9.17) is 4.74 Å². The molecule has 0 saturated carbocycles. The lowest BCUT2D eigenvalue weighted by Gasteiger charge is -2.36. The van der Waals surface area contributed by atoms with Crippen molar-refractivity contribution in [2.24, 2.45) is 0 Å². The van der Waals surface area contributed by atoms with Crippen LogP contribution in [0.25, 0.3) is 0 Å². The van der Waals surface area contributed by atoms with Gasteiger partial charge in [-0.3, -0.25) is 4.90 Å². The highest BCUT2D eigenvalue weighted by atomic mass is 32.1. The Hall–Kier alpha value is -0.420. The molecule has 0 spiro atoms. The molecular formula is C16H24N2OS. The molecule has 1 aromatic heterocycles. The number of hydrogen-bond acceptors (Lipinski definition) is 4. The first-order chi connectivity index (χ1) is 9.90. The summed E-state index contributed by atoms with van der Waals surface area (Å²) in [5, 5.41) is 6.02. The van der Waals surface area contributed by atoms with Crippen LogP contribution in [-0.4, -0.2) is 43.3 Å². The molecule has 2 saturated heterocycles. The van der Waals surface area contributed by atoms with Crippen LogP contribution in [0.15, 0.2) is 11.4 Å². The van der Waals surface area contributed by atoms with Gasteiger partial charge in [0, 0.05) is 30.1 Å². The van der Waals surface area contributed by atoms with E-state index in [-0.39, 0.29) is 0 Å². The Kier molecular flexibility index (Phi) is 3.82. The van der Waals surface area contributed by atoms with E-state index in [1.807, 2.05) is 11.3 Å². The van der Waals surface area contributed by atoms with Crippen LogP contribution in [-0.2, 0) is 11.2 Å². The maximum atomic E-state index is 6.05. The monoisotopic (exact) mass is 292 g/mol. The lowest BCUT2D eigenvalue weighted by Crippen LogP contribution is -2.49. The van der Waals surface area contributed by atoms with Gasteiger partial charge in [0.1, 0.15) is 0 Å². The quantitative estimate of drug-likeness (QED) is 0.927. The Balaban J connectivity index is 1.33. The third-order valence-corrected chi connectivity index (χ3v) is 6.10. The van der Waals surface area contributed by atoms with Crippen molar-refractivity contribution >= 4 is 11.3 Å². The van der Waals surface area contributed by atoms with E-state index in [9.17, 15) is 0 Å². The second-order valence-corrected chi connectivity index (χ2v) is 7.40. The zero-order chi connectivity index (χ0) is 13.4. The summed E-state index contributed by atoms with van der Waals surface area (Å²) in [6.07, 6.45) is 6.96. The van der Waals surface area contributed by atoms with Crippen LogP contribution in [0.2, 0.25) is 0 Å². The fourth-order valence-electron chi connectivity index (χ4n) is 3.98. The van der Waals surface area contributed by atoms with Gasteiger partial charge < -0.3 is 10.1 Å². The number of ether oxygens (including phenoxy) is 1. The van der Waals surface area contributed by atoms with E-state index in [0.717, 1.165) is 19.7 Å². The summed E-state index contributed by atoms with van der Waals surface area (Å²) in [6.45, 7) is 4.35. The standard InChI is InChI=1S/C16H24N2OS/c1-4-15(14-6-8-20-16(14)5-1)17-9-13-10-18-7-2-3-12(18)11-19-13/h6,8,12-13,15,17H,1-5,7,9-11H2. The number of hydrogen-bond donors (Lipinski definition) is 1. The lowest BCUT2D eigenvalue weighted by molar-refractivity contribution is -0.0480. The van der Waals surface area contributed by atoms with Crippen molar-refractivity contribution in [1.82, 2.24) is 10.2 Å². The smallest absolute Gasteiger partial charge is 0.0827 e. The molecule has 3 aliphatic rings. The number of nitrogens with one attached hydrogen (secondary N) is 1. The molecule has 3 heterocycles. The Bertz CT molecular complexity index is 461. The average molecular weight is 292 g/mol. The van der Waals surface area contributed by atoms with Gasteiger partial charge in [-0.1, -0.05) is 0 Å². The second-order valence-electron chi connectivity index (χ2n) is 6.40. The fourth-order valence-corrected chi connectivity index (χ4v) is 4.97. The van der Waals surface area contributed by atoms with E-state index in [2.05, 4.69) is 21.7 Å². The highest BCUT2D eigenvalue weighted by molar-refractivity contribution is 7.10. The van der Waals surface area contributed by atoms with Crippen molar-refractivity contribution in [3.63, 3.8) is 0 Å². The Morgan fingerprint density at radius 1 is 1.35 bits per heavy atom. The van der Waals surface area contributed by atoms with Crippen molar-refractivity contribution < 1.29 is 4.74 Å². The van der Waals surface area contributed by atoms with Crippen LogP contribution in [0.1, 0.15) is 42.2 Å². The summed E-state index contributed by atoms with van der Waals surface area (Å²) in [5.74, 6) is 0. The average Bonchev–Trinajstić information content (AvgIpc) is 3.13.